The predicted molar refractivity (Wildman–Crippen MR) is 132 cm³/mol. The van der Waals surface area contributed by atoms with Crippen molar-refractivity contribution in [2.75, 3.05) is 24.7 Å². The van der Waals surface area contributed by atoms with Gasteiger partial charge in [-0.15, -0.1) is 0 Å². The number of amides is 1. The molecule has 0 saturated heterocycles. The highest BCUT2D eigenvalue weighted by Crippen LogP contribution is 2.34. The number of nitrogens with one attached hydrogen (secondary N) is 2. The van der Waals surface area contributed by atoms with Gasteiger partial charge in [-0.1, -0.05) is 5.16 Å². The van der Waals surface area contributed by atoms with E-state index in [4.69, 9.17) is 4.52 Å². The predicted octanol–water partition coefficient (Wildman–Crippen LogP) is 4.08. The van der Waals surface area contributed by atoms with Gasteiger partial charge in [0.05, 0.1) is 28.5 Å². The monoisotopic (exact) mass is 532 g/mol. The molecule has 0 radical (unpaired) electrons. The zero-order valence-electron chi connectivity index (χ0n) is 21.2. The fourth-order valence-corrected chi connectivity index (χ4v) is 5.91. The first kappa shape index (κ1) is 28.2. The Kier molecular flexibility index (Phi) is 8.59. The van der Waals surface area contributed by atoms with Crippen LogP contribution in [0.15, 0.2) is 22.7 Å². The molecule has 0 unspecified atom stereocenters. The van der Waals surface area contributed by atoms with E-state index in [0.29, 0.717) is 18.9 Å². The van der Waals surface area contributed by atoms with Crippen LogP contribution in [0, 0.1) is 5.92 Å². The number of halogens is 3. The number of sulfone groups is 1. The maximum Gasteiger partial charge on any atom is 0.416 e. The van der Waals surface area contributed by atoms with Gasteiger partial charge in [0.15, 0.2) is 21.2 Å². The lowest BCUT2D eigenvalue weighted by Gasteiger charge is -2.41. The Morgan fingerprint density at radius 1 is 1.22 bits per heavy atom. The van der Waals surface area contributed by atoms with Crippen LogP contribution < -0.4 is 10.6 Å². The molecule has 1 amide bonds. The third kappa shape index (κ3) is 6.70. The number of rotatable bonds is 9. The molecular formula is C24H35F3N4O4S. The summed E-state index contributed by atoms with van der Waals surface area (Å²) >= 11 is 0. The van der Waals surface area contributed by atoms with Crippen molar-refractivity contribution in [3.63, 3.8) is 0 Å². The van der Waals surface area contributed by atoms with E-state index in [0.717, 1.165) is 18.6 Å². The number of benzene rings is 1. The van der Waals surface area contributed by atoms with Crippen molar-refractivity contribution in [2.45, 2.75) is 76.5 Å². The summed E-state index contributed by atoms with van der Waals surface area (Å²) in [5, 5.41) is 9.05. The number of anilines is 1. The molecule has 1 aromatic carbocycles. The highest BCUT2D eigenvalue weighted by molar-refractivity contribution is 7.91. The molecule has 0 bridgehead atoms. The molecule has 12 heteroatoms. The number of hydrogen-bond acceptors (Lipinski definition) is 7. The lowest BCUT2D eigenvalue weighted by Crippen LogP contribution is -2.52. The molecule has 1 fully saturated rings. The highest BCUT2D eigenvalue weighted by Gasteiger charge is 2.37. The summed E-state index contributed by atoms with van der Waals surface area (Å²) < 4.78 is 69.7. The average molecular weight is 533 g/mol. The second kappa shape index (κ2) is 11.0. The largest absolute Gasteiger partial charge is 0.416 e. The van der Waals surface area contributed by atoms with Crippen LogP contribution in [-0.2, 0) is 20.8 Å². The van der Waals surface area contributed by atoms with Gasteiger partial charge in [-0.3, -0.25) is 4.79 Å². The van der Waals surface area contributed by atoms with E-state index in [1.807, 2.05) is 7.05 Å². The fraction of sp³-hybridized carbons (Fsp3) is 0.667. The summed E-state index contributed by atoms with van der Waals surface area (Å²) in [6.07, 6.45) is -2.42. The molecule has 1 saturated carbocycles. The van der Waals surface area contributed by atoms with Crippen LogP contribution >= 0.6 is 0 Å². The minimum atomic E-state index is -4.52. The minimum absolute atomic E-state index is 0.0143. The van der Waals surface area contributed by atoms with Gasteiger partial charge in [-0.25, -0.2) is 8.42 Å². The second-order valence-corrected chi connectivity index (χ2v) is 12.7. The number of fused-ring (bicyclic) bond motifs is 1. The number of hydrogen-bond donors (Lipinski definition) is 2. The molecule has 1 aliphatic carbocycles. The van der Waals surface area contributed by atoms with Crippen LogP contribution in [0.4, 0.5) is 19.0 Å². The lowest BCUT2D eigenvalue weighted by atomic mass is 9.81. The van der Waals surface area contributed by atoms with Gasteiger partial charge in [0.2, 0.25) is 5.91 Å². The Morgan fingerprint density at radius 2 is 1.92 bits per heavy atom. The van der Waals surface area contributed by atoms with Crippen molar-refractivity contribution in [1.82, 2.24) is 15.4 Å². The summed E-state index contributed by atoms with van der Waals surface area (Å²) in [5.41, 5.74) is -0.680. The van der Waals surface area contributed by atoms with E-state index in [2.05, 4.69) is 34.5 Å². The Bertz CT molecular complexity index is 1160. The van der Waals surface area contributed by atoms with Gasteiger partial charge in [0, 0.05) is 18.1 Å². The van der Waals surface area contributed by atoms with Gasteiger partial charge in [-0.05, 0) is 78.1 Å². The number of carbonyl (C=O) groups excluding carboxylic acids is 1. The normalized spacial score (nSPS) is 21.5. The van der Waals surface area contributed by atoms with E-state index in [1.165, 1.54) is 6.07 Å². The molecule has 1 aromatic heterocycles. The molecule has 3 atom stereocenters. The van der Waals surface area contributed by atoms with Gasteiger partial charge < -0.3 is 20.1 Å². The molecule has 2 aromatic rings. The van der Waals surface area contributed by atoms with Gasteiger partial charge in [0.25, 0.3) is 0 Å². The molecule has 0 aliphatic heterocycles. The maximum absolute atomic E-state index is 13.1. The van der Waals surface area contributed by atoms with Crippen molar-refractivity contribution in [3.05, 3.63) is 23.8 Å². The maximum atomic E-state index is 13.1. The third-order valence-corrected chi connectivity index (χ3v) is 9.40. The topological polar surface area (TPSA) is 105 Å². The van der Waals surface area contributed by atoms with Gasteiger partial charge >= 0.3 is 6.18 Å². The van der Waals surface area contributed by atoms with Crippen LogP contribution in [0.1, 0.15) is 52.5 Å². The quantitative estimate of drug-likeness (QED) is 0.502. The highest BCUT2D eigenvalue weighted by atomic mass is 32.2. The Hall–Kier alpha value is -2.34. The van der Waals surface area contributed by atoms with Crippen molar-refractivity contribution in [1.29, 1.82) is 0 Å². The third-order valence-electron chi connectivity index (χ3n) is 7.07. The molecule has 8 nitrogen and oxygen atoms in total. The summed E-state index contributed by atoms with van der Waals surface area (Å²) in [6, 6.07) is 3.21. The molecule has 0 spiro atoms. The van der Waals surface area contributed by atoms with E-state index in [-0.39, 0.29) is 47.1 Å². The standard InChI is InChI=1S/C24H35F3N4O4S/c1-14(2)31(5)18-7-8-20(16(10-18)13-36(33,34)15(3)4)29-22(32)12-28-23-19-11-17(24(25,26)27)6-9-21(19)35-30-23/h6,9,11,14-16,18,20H,7-8,10,12-13H2,1-5H3,(H,28,30)(H,29,32)/t16-,18+,20-/m0/s1. The second-order valence-electron chi connectivity index (χ2n) is 10.1. The number of nitrogens with zero attached hydrogens (tertiary/aromatic N) is 2. The lowest BCUT2D eigenvalue weighted by molar-refractivity contribution is -0.137. The van der Waals surface area contributed by atoms with Gasteiger partial charge in [0.1, 0.15) is 0 Å². The molecular weight excluding hydrogens is 497 g/mol. The molecule has 202 valence electrons. The Balaban J connectivity index is 1.69. The summed E-state index contributed by atoms with van der Waals surface area (Å²) in [5.74, 6) is -0.624. The van der Waals surface area contributed by atoms with E-state index in [9.17, 15) is 26.4 Å². The van der Waals surface area contributed by atoms with Crippen LogP contribution in [0.5, 0.6) is 0 Å². The SMILES string of the molecule is CC(C)N(C)[C@@H]1CC[C@H](NC(=O)CNc2noc3ccc(C(F)(F)F)cc23)[C@H](CS(=O)(=O)C(C)C)C1. The van der Waals surface area contributed by atoms with Crippen molar-refractivity contribution in [3.8, 4) is 0 Å². The summed E-state index contributed by atoms with van der Waals surface area (Å²) in [7, 11) is -1.30. The Labute approximate surface area is 209 Å². The van der Waals surface area contributed by atoms with Crippen LogP contribution in [-0.4, -0.2) is 67.1 Å². The van der Waals surface area contributed by atoms with E-state index >= 15 is 0 Å². The molecule has 36 heavy (non-hydrogen) atoms. The van der Waals surface area contributed by atoms with E-state index in [1.54, 1.807) is 13.8 Å². The molecule has 2 N–H and O–H groups in total. The fourth-order valence-electron chi connectivity index (χ4n) is 4.56. The first-order valence-corrected chi connectivity index (χ1v) is 13.8. The van der Waals surface area contributed by atoms with Crippen LogP contribution in [0.25, 0.3) is 11.0 Å². The summed E-state index contributed by atoms with van der Waals surface area (Å²) in [6.45, 7) is 7.24. The molecule has 3 rings (SSSR count). The Morgan fingerprint density at radius 3 is 2.53 bits per heavy atom. The molecule has 1 aliphatic rings. The summed E-state index contributed by atoms with van der Waals surface area (Å²) in [4.78, 5) is 15.0. The first-order chi connectivity index (χ1) is 16.7. The first-order valence-electron chi connectivity index (χ1n) is 12.1. The average Bonchev–Trinajstić information content (AvgIpc) is 3.19. The molecule has 1 heterocycles. The van der Waals surface area contributed by atoms with Crippen molar-refractivity contribution in [2.24, 2.45) is 5.92 Å². The minimum Gasteiger partial charge on any atom is -0.358 e. The van der Waals surface area contributed by atoms with E-state index < -0.39 is 32.7 Å². The number of carbonyl (C=O) groups is 1. The van der Waals surface area contributed by atoms with Gasteiger partial charge in [-0.2, -0.15) is 13.2 Å². The number of aromatic nitrogens is 1. The zero-order chi connectivity index (χ0) is 26.8. The van der Waals surface area contributed by atoms with Crippen LogP contribution in [0.3, 0.4) is 0 Å². The smallest absolute Gasteiger partial charge is 0.358 e. The van der Waals surface area contributed by atoms with Crippen molar-refractivity contribution >= 4 is 32.5 Å². The number of alkyl halides is 3. The van der Waals surface area contributed by atoms with Crippen LogP contribution in [0.2, 0.25) is 0 Å². The zero-order valence-corrected chi connectivity index (χ0v) is 22.0. The van der Waals surface area contributed by atoms with Crippen molar-refractivity contribution < 1.29 is 30.9 Å².